The lowest BCUT2D eigenvalue weighted by Crippen LogP contribution is -2.42. The van der Waals surface area contributed by atoms with Gasteiger partial charge < -0.3 is 9.84 Å². The van der Waals surface area contributed by atoms with Crippen LogP contribution in [0.15, 0.2) is 18.3 Å². The van der Waals surface area contributed by atoms with Gasteiger partial charge in [0.25, 0.3) is 0 Å². The molecule has 0 aromatic carbocycles. The molecule has 1 N–H and O–H groups in total. The lowest BCUT2D eigenvalue weighted by Gasteiger charge is -2.32. The molecule has 0 amide bonds. The third-order valence-corrected chi connectivity index (χ3v) is 3.00. The maximum absolute atomic E-state index is 10.7. The molecule has 2 rings (SSSR count). The number of hydrogen-bond donors (Lipinski definition) is 1. The van der Waals surface area contributed by atoms with Gasteiger partial charge in [-0.1, -0.05) is 6.07 Å². The quantitative estimate of drug-likeness (QED) is 0.866. The first kappa shape index (κ1) is 13.0. The standard InChI is InChI=1S/C13H18N2O3/c1-10-2-3-11(7-14-10)8-15-4-5-18-12(9-15)6-13(16)17/h2-3,7,12H,4-6,8-9H2,1H3,(H,16,17). The molecular weight excluding hydrogens is 232 g/mol. The van der Waals surface area contributed by atoms with Crippen molar-refractivity contribution >= 4 is 5.97 Å². The minimum atomic E-state index is -0.807. The van der Waals surface area contributed by atoms with Gasteiger partial charge in [-0.2, -0.15) is 0 Å². The van der Waals surface area contributed by atoms with Crippen molar-refractivity contribution in [2.24, 2.45) is 0 Å². The van der Waals surface area contributed by atoms with Gasteiger partial charge in [0.1, 0.15) is 0 Å². The molecule has 18 heavy (non-hydrogen) atoms. The minimum Gasteiger partial charge on any atom is -0.481 e. The Morgan fingerprint density at radius 2 is 2.44 bits per heavy atom. The van der Waals surface area contributed by atoms with E-state index in [1.54, 1.807) is 0 Å². The molecule has 1 aromatic rings. The van der Waals surface area contributed by atoms with Crippen LogP contribution in [0.25, 0.3) is 0 Å². The van der Waals surface area contributed by atoms with E-state index in [9.17, 15) is 4.79 Å². The molecule has 1 saturated heterocycles. The number of carboxylic acid groups (broad SMARTS) is 1. The second-order valence-corrected chi connectivity index (χ2v) is 4.63. The molecule has 1 aliphatic rings. The Hall–Kier alpha value is -1.46. The molecule has 0 spiro atoms. The van der Waals surface area contributed by atoms with Crippen LogP contribution < -0.4 is 0 Å². The summed E-state index contributed by atoms with van der Waals surface area (Å²) in [6, 6.07) is 4.05. The fraction of sp³-hybridized carbons (Fsp3) is 0.538. The number of hydrogen-bond acceptors (Lipinski definition) is 4. The highest BCUT2D eigenvalue weighted by Crippen LogP contribution is 2.12. The molecule has 0 aliphatic carbocycles. The third-order valence-electron chi connectivity index (χ3n) is 3.00. The van der Waals surface area contributed by atoms with Gasteiger partial charge >= 0.3 is 5.97 Å². The Balaban J connectivity index is 1.89. The molecule has 1 fully saturated rings. The van der Waals surface area contributed by atoms with Gasteiger partial charge in [-0.05, 0) is 18.6 Å². The van der Waals surface area contributed by atoms with Crippen molar-refractivity contribution in [3.05, 3.63) is 29.6 Å². The summed E-state index contributed by atoms with van der Waals surface area (Å²) in [4.78, 5) is 17.1. The number of pyridine rings is 1. The number of aromatic nitrogens is 1. The molecule has 5 heteroatoms. The lowest BCUT2D eigenvalue weighted by atomic mass is 10.2. The van der Waals surface area contributed by atoms with E-state index in [4.69, 9.17) is 9.84 Å². The fourth-order valence-electron chi connectivity index (χ4n) is 2.09. The summed E-state index contributed by atoms with van der Waals surface area (Å²) in [5, 5.41) is 8.76. The number of ether oxygens (including phenoxy) is 1. The predicted molar refractivity (Wildman–Crippen MR) is 66.2 cm³/mol. The second-order valence-electron chi connectivity index (χ2n) is 4.63. The number of nitrogens with zero attached hydrogens (tertiary/aromatic N) is 2. The van der Waals surface area contributed by atoms with E-state index in [0.717, 1.165) is 24.3 Å². The number of carbonyl (C=O) groups is 1. The molecule has 1 atom stereocenters. The normalized spacial score (nSPS) is 20.8. The summed E-state index contributed by atoms with van der Waals surface area (Å²) in [5.74, 6) is -0.807. The largest absolute Gasteiger partial charge is 0.481 e. The average molecular weight is 250 g/mol. The molecule has 1 aromatic heterocycles. The summed E-state index contributed by atoms with van der Waals surface area (Å²) in [6.07, 6.45) is 1.74. The Morgan fingerprint density at radius 3 is 3.11 bits per heavy atom. The smallest absolute Gasteiger partial charge is 0.306 e. The van der Waals surface area contributed by atoms with E-state index >= 15 is 0 Å². The number of rotatable bonds is 4. The molecule has 2 heterocycles. The summed E-state index contributed by atoms with van der Waals surface area (Å²) in [5.41, 5.74) is 2.15. The molecule has 98 valence electrons. The Labute approximate surface area is 106 Å². The first-order valence-electron chi connectivity index (χ1n) is 6.11. The van der Waals surface area contributed by atoms with Crippen LogP contribution in [0.2, 0.25) is 0 Å². The van der Waals surface area contributed by atoms with Crippen LogP contribution >= 0.6 is 0 Å². The van der Waals surface area contributed by atoms with E-state index in [-0.39, 0.29) is 12.5 Å². The van der Waals surface area contributed by atoms with Crippen molar-refractivity contribution in [1.82, 2.24) is 9.88 Å². The van der Waals surface area contributed by atoms with Crippen molar-refractivity contribution in [2.75, 3.05) is 19.7 Å². The van der Waals surface area contributed by atoms with Crippen molar-refractivity contribution in [1.29, 1.82) is 0 Å². The number of aryl methyl sites for hydroxylation is 1. The zero-order valence-corrected chi connectivity index (χ0v) is 10.5. The summed E-state index contributed by atoms with van der Waals surface area (Å²) in [7, 11) is 0. The van der Waals surface area contributed by atoms with E-state index in [2.05, 4.69) is 16.0 Å². The van der Waals surface area contributed by atoms with Crippen LogP contribution in [0.1, 0.15) is 17.7 Å². The maximum atomic E-state index is 10.7. The van der Waals surface area contributed by atoms with Gasteiger partial charge in [0.05, 0.1) is 19.1 Å². The van der Waals surface area contributed by atoms with Gasteiger partial charge in [0.15, 0.2) is 0 Å². The predicted octanol–water partition coefficient (Wildman–Crippen LogP) is 1.07. The van der Waals surface area contributed by atoms with E-state index < -0.39 is 5.97 Å². The molecule has 0 radical (unpaired) electrons. The van der Waals surface area contributed by atoms with Crippen LogP contribution in [0.5, 0.6) is 0 Å². The van der Waals surface area contributed by atoms with E-state index in [0.29, 0.717) is 13.2 Å². The number of morpholine rings is 1. The number of aliphatic carboxylic acids is 1. The zero-order valence-electron chi connectivity index (χ0n) is 10.5. The minimum absolute atomic E-state index is 0.0721. The van der Waals surface area contributed by atoms with Crippen molar-refractivity contribution in [2.45, 2.75) is 26.0 Å². The molecule has 1 unspecified atom stereocenters. The topological polar surface area (TPSA) is 62.7 Å². The zero-order chi connectivity index (χ0) is 13.0. The third kappa shape index (κ3) is 3.78. The summed E-state index contributed by atoms with van der Waals surface area (Å²) in [6.45, 7) is 4.86. The van der Waals surface area contributed by atoms with Gasteiger partial charge in [0, 0.05) is 31.5 Å². The van der Waals surface area contributed by atoms with Crippen LogP contribution in [0.4, 0.5) is 0 Å². The van der Waals surface area contributed by atoms with Crippen molar-refractivity contribution in [3.8, 4) is 0 Å². The SMILES string of the molecule is Cc1ccc(CN2CCOC(CC(=O)O)C2)cn1. The first-order chi connectivity index (χ1) is 8.63. The molecule has 0 bridgehead atoms. The Kier molecular flexibility index (Phi) is 4.28. The summed E-state index contributed by atoms with van der Waals surface area (Å²) < 4.78 is 5.44. The molecule has 1 aliphatic heterocycles. The highest BCUT2D eigenvalue weighted by atomic mass is 16.5. The molecule has 0 saturated carbocycles. The fourth-order valence-corrected chi connectivity index (χ4v) is 2.09. The van der Waals surface area contributed by atoms with Crippen molar-refractivity contribution in [3.63, 3.8) is 0 Å². The number of carboxylic acids is 1. The highest BCUT2D eigenvalue weighted by Gasteiger charge is 2.22. The monoisotopic (exact) mass is 250 g/mol. The maximum Gasteiger partial charge on any atom is 0.306 e. The molecule has 5 nitrogen and oxygen atoms in total. The summed E-state index contributed by atoms with van der Waals surface area (Å²) >= 11 is 0. The van der Waals surface area contributed by atoms with E-state index in [1.807, 2.05) is 19.2 Å². The van der Waals surface area contributed by atoms with Gasteiger partial charge in [0.2, 0.25) is 0 Å². The van der Waals surface area contributed by atoms with E-state index in [1.165, 1.54) is 0 Å². The van der Waals surface area contributed by atoms with Gasteiger partial charge in [-0.25, -0.2) is 0 Å². The molecular formula is C13H18N2O3. The van der Waals surface area contributed by atoms with Crippen LogP contribution in [0.3, 0.4) is 0 Å². The average Bonchev–Trinajstić information content (AvgIpc) is 2.32. The van der Waals surface area contributed by atoms with Crippen molar-refractivity contribution < 1.29 is 14.6 Å². The lowest BCUT2D eigenvalue weighted by molar-refractivity contribution is -0.142. The second kappa shape index (κ2) is 5.93. The van der Waals surface area contributed by atoms with Crippen LogP contribution in [-0.2, 0) is 16.1 Å². The van der Waals surface area contributed by atoms with Crippen LogP contribution in [-0.4, -0.2) is 46.8 Å². The van der Waals surface area contributed by atoms with Gasteiger partial charge in [-0.3, -0.25) is 14.7 Å². The van der Waals surface area contributed by atoms with Gasteiger partial charge in [-0.15, -0.1) is 0 Å². The van der Waals surface area contributed by atoms with Crippen LogP contribution in [0, 0.1) is 6.92 Å². The first-order valence-corrected chi connectivity index (χ1v) is 6.11. The highest BCUT2D eigenvalue weighted by molar-refractivity contribution is 5.67. The Bertz CT molecular complexity index is 405. The Morgan fingerprint density at radius 1 is 1.61 bits per heavy atom.